The van der Waals surface area contributed by atoms with E-state index in [1.54, 1.807) is 4.31 Å². The van der Waals surface area contributed by atoms with Gasteiger partial charge in [0.25, 0.3) is 0 Å². The van der Waals surface area contributed by atoms with Gasteiger partial charge in [-0.25, -0.2) is 8.42 Å². The minimum absolute atomic E-state index is 0.0547. The molecule has 0 bridgehead atoms. The van der Waals surface area contributed by atoms with Crippen molar-refractivity contribution >= 4 is 10.0 Å². The second-order valence-electron chi connectivity index (χ2n) is 5.08. The molecule has 5 nitrogen and oxygen atoms in total. The van der Waals surface area contributed by atoms with E-state index in [1.165, 1.54) is 0 Å². The molecule has 1 N–H and O–H groups in total. The SMILES string of the molecule is CC1CN(S(=O)(=O)C2CCOCC2)C(C)CN1. The lowest BCUT2D eigenvalue weighted by molar-refractivity contribution is 0.0962. The minimum Gasteiger partial charge on any atom is -0.381 e. The molecule has 0 aromatic carbocycles. The second-order valence-corrected chi connectivity index (χ2v) is 7.25. The first-order valence-corrected chi connectivity index (χ1v) is 7.84. The predicted molar refractivity (Wildman–Crippen MR) is 66.4 cm³/mol. The van der Waals surface area contributed by atoms with Crippen LogP contribution in [0.15, 0.2) is 0 Å². The highest BCUT2D eigenvalue weighted by Crippen LogP contribution is 2.23. The molecule has 2 heterocycles. The lowest BCUT2D eigenvalue weighted by Crippen LogP contribution is -2.58. The zero-order valence-electron chi connectivity index (χ0n) is 10.6. The van der Waals surface area contributed by atoms with Crippen molar-refractivity contribution in [3.05, 3.63) is 0 Å². The van der Waals surface area contributed by atoms with Gasteiger partial charge in [-0.3, -0.25) is 0 Å². The maximum atomic E-state index is 12.5. The van der Waals surface area contributed by atoms with E-state index in [-0.39, 0.29) is 17.3 Å². The minimum atomic E-state index is -3.15. The Morgan fingerprint density at radius 3 is 2.53 bits per heavy atom. The Bertz CT molecular complexity index is 352. The van der Waals surface area contributed by atoms with Gasteiger partial charge in [0.2, 0.25) is 10.0 Å². The highest BCUT2D eigenvalue weighted by Gasteiger charge is 2.38. The van der Waals surface area contributed by atoms with Crippen molar-refractivity contribution in [1.29, 1.82) is 0 Å². The summed E-state index contributed by atoms with van der Waals surface area (Å²) in [5.41, 5.74) is 0. The molecule has 0 saturated carbocycles. The van der Waals surface area contributed by atoms with E-state index in [9.17, 15) is 8.42 Å². The topological polar surface area (TPSA) is 58.6 Å². The summed E-state index contributed by atoms with van der Waals surface area (Å²) in [7, 11) is -3.15. The molecule has 2 atom stereocenters. The Balaban J connectivity index is 2.12. The fraction of sp³-hybridized carbons (Fsp3) is 1.00. The maximum Gasteiger partial charge on any atom is 0.217 e. The van der Waals surface area contributed by atoms with Crippen LogP contribution in [0, 0.1) is 0 Å². The molecule has 2 aliphatic heterocycles. The summed E-state index contributed by atoms with van der Waals surface area (Å²) in [6, 6.07) is 0.292. The molecule has 2 saturated heterocycles. The van der Waals surface area contributed by atoms with Gasteiger partial charge in [-0.05, 0) is 26.7 Å². The van der Waals surface area contributed by atoms with E-state index in [1.807, 2.05) is 13.8 Å². The molecule has 0 aliphatic carbocycles. The number of piperazine rings is 1. The number of hydrogen-bond acceptors (Lipinski definition) is 4. The summed E-state index contributed by atoms with van der Waals surface area (Å²) in [5.74, 6) is 0. The lowest BCUT2D eigenvalue weighted by Gasteiger charge is -2.39. The Kier molecular flexibility index (Phi) is 4.07. The van der Waals surface area contributed by atoms with Gasteiger partial charge in [0.1, 0.15) is 0 Å². The highest BCUT2D eigenvalue weighted by atomic mass is 32.2. The van der Waals surface area contributed by atoms with E-state index in [2.05, 4.69) is 5.32 Å². The predicted octanol–water partition coefficient (Wildman–Crippen LogP) is 0.177. The zero-order chi connectivity index (χ0) is 12.5. The van der Waals surface area contributed by atoms with Crippen LogP contribution >= 0.6 is 0 Å². The zero-order valence-corrected chi connectivity index (χ0v) is 11.4. The normalized spacial score (nSPS) is 33.8. The Labute approximate surface area is 104 Å². The van der Waals surface area contributed by atoms with Gasteiger partial charge in [-0.2, -0.15) is 4.31 Å². The van der Waals surface area contributed by atoms with Crippen molar-refractivity contribution in [2.45, 2.75) is 44.0 Å². The van der Waals surface area contributed by atoms with Crippen LogP contribution < -0.4 is 5.32 Å². The smallest absolute Gasteiger partial charge is 0.217 e. The van der Waals surface area contributed by atoms with Crippen molar-refractivity contribution < 1.29 is 13.2 Å². The molecule has 100 valence electrons. The quantitative estimate of drug-likeness (QED) is 0.771. The fourth-order valence-electron chi connectivity index (χ4n) is 2.51. The summed E-state index contributed by atoms with van der Waals surface area (Å²) in [4.78, 5) is 0. The van der Waals surface area contributed by atoms with Crippen molar-refractivity contribution in [1.82, 2.24) is 9.62 Å². The van der Waals surface area contributed by atoms with Gasteiger partial charge < -0.3 is 10.1 Å². The molecule has 2 fully saturated rings. The lowest BCUT2D eigenvalue weighted by atomic mass is 10.2. The Hall–Kier alpha value is -0.170. The number of hydrogen-bond donors (Lipinski definition) is 1. The third-order valence-corrected chi connectivity index (χ3v) is 6.10. The van der Waals surface area contributed by atoms with E-state index >= 15 is 0 Å². The monoisotopic (exact) mass is 262 g/mol. The van der Waals surface area contributed by atoms with Crippen LogP contribution in [-0.4, -0.2) is 56.4 Å². The summed E-state index contributed by atoms with van der Waals surface area (Å²) < 4.78 is 32.0. The van der Waals surface area contributed by atoms with Crippen LogP contribution in [0.2, 0.25) is 0 Å². The molecular weight excluding hydrogens is 240 g/mol. The first-order chi connectivity index (χ1) is 8.01. The standard InChI is InChI=1S/C11H22N2O3S/c1-9-8-13(10(2)7-12-9)17(14,15)11-3-5-16-6-4-11/h9-12H,3-8H2,1-2H3. The van der Waals surface area contributed by atoms with Gasteiger partial charge in [0.15, 0.2) is 0 Å². The number of nitrogens with one attached hydrogen (secondary N) is 1. The van der Waals surface area contributed by atoms with Crippen LogP contribution in [0.3, 0.4) is 0 Å². The first kappa shape index (κ1) is 13.3. The van der Waals surface area contributed by atoms with Gasteiger partial charge in [0.05, 0.1) is 5.25 Å². The summed E-state index contributed by atoms with van der Waals surface area (Å²) in [6.07, 6.45) is 1.26. The van der Waals surface area contributed by atoms with Gasteiger partial charge in [0, 0.05) is 38.4 Å². The summed E-state index contributed by atoms with van der Waals surface area (Å²) >= 11 is 0. The largest absolute Gasteiger partial charge is 0.381 e. The molecule has 6 heteroatoms. The van der Waals surface area contributed by atoms with E-state index in [0.29, 0.717) is 32.6 Å². The Morgan fingerprint density at radius 2 is 1.88 bits per heavy atom. The van der Waals surface area contributed by atoms with Crippen LogP contribution in [0.1, 0.15) is 26.7 Å². The number of sulfonamides is 1. The molecule has 0 aromatic heterocycles. The average Bonchev–Trinajstić information content (AvgIpc) is 2.33. The first-order valence-electron chi connectivity index (χ1n) is 6.33. The summed E-state index contributed by atoms with van der Waals surface area (Å²) in [6.45, 7) is 6.46. The Morgan fingerprint density at radius 1 is 1.24 bits per heavy atom. The van der Waals surface area contributed by atoms with E-state index in [0.717, 1.165) is 6.54 Å². The molecule has 2 unspecified atom stereocenters. The average molecular weight is 262 g/mol. The molecule has 0 spiro atoms. The maximum absolute atomic E-state index is 12.5. The van der Waals surface area contributed by atoms with Crippen molar-refractivity contribution in [2.75, 3.05) is 26.3 Å². The van der Waals surface area contributed by atoms with Crippen molar-refractivity contribution in [3.63, 3.8) is 0 Å². The third kappa shape index (κ3) is 2.81. The highest BCUT2D eigenvalue weighted by molar-refractivity contribution is 7.89. The number of rotatable bonds is 2. The van der Waals surface area contributed by atoms with Crippen LogP contribution in [-0.2, 0) is 14.8 Å². The van der Waals surface area contributed by atoms with Crippen LogP contribution in [0.5, 0.6) is 0 Å². The number of nitrogens with zero attached hydrogens (tertiary/aromatic N) is 1. The molecule has 0 amide bonds. The van der Waals surface area contributed by atoms with Gasteiger partial charge in [-0.15, -0.1) is 0 Å². The van der Waals surface area contributed by atoms with Crippen molar-refractivity contribution in [2.24, 2.45) is 0 Å². The van der Waals surface area contributed by atoms with E-state index < -0.39 is 10.0 Å². The second kappa shape index (κ2) is 5.22. The molecule has 0 aromatic rings. The summed E-state index contributed by atoms with van der Waals surface area (Å²) in [5, 5.41) is 3.06. The third-order valence-electron chi connectivity index (χ3n) is 3.62. The molecular formula is C11H22N2O3S. The van der Waals surface area contributed by atoms with Crippen LogP contribution in [0.25, 0.3) is 0 Å². The molecule has 2 aliphatic rings. The van der Waals surface area contributed by atoms with E-state index in [4.69, 9.17) is 4.74 Å². The van der Waals surface area contributed by atoms with Crippen LogP contribution in [0.4, 0.5) is 0 Å². The van der Waals surface area contributed by atoms with Gasteiger partial charge >= 0.3 is 0 Å². The molecule has 0 radical (unpaired) electrons. The fourth-order valence-corrected chi connectivity index (χ4v) is 4.69. The molecule has 2 rings (SSSR count). The van der Waals surface area contributed by atoms with Gasteiger partial charge in [-0.1, -0.05) is 0 Å². The number of ether oxygens (including phenoxy) is 1. The van der Waals surface area contributed by atoms with Crippen molar-refractivity contribution in [3.8, 4) is 0 Å². The molecule has 17 heavy (non-hydrogen) atoms.